The van der Waals surface area contributed by atoms with Crippen LogP contribution >= 0.6 is 0 Å². The van der Waals surface area contributed by atoms with Gasteiger partial charge in [0.2, 0.25) is 0 Å². The maximum Gasteiger partial charge on any atom is 0.329 e. The highest BCUT2D eigenvalue weighted by molar-refractivity contribution is 5.81. The monoisotopic (exact) mass is 253 g/mol. The lowest BCUT2D eigenvalue weighted by atomic mass is 10.1. The molecule has 1 rings (SSSR count). The number of methoxy groups -OCH3 is 2. The van der Waals surface area contributed by atoms with E-state index in [0.717, 1.165) is 5.69 Å². The van der Waals surface area contributed by atoms with E-state index in [0.29, 0.717) is 0 Å². The zero-order valence-corrected chi connectivity index (χ0v) is 11.2. The van der Waals surface area contributed by atoms with Crippen molar-refractivity contribution < 1.29 is 19.1 Å². The van der Waals surface area contributed by atoms with Crippen LogP contribution < -0.4 is 0 Å². The number of nitrogens with zero attached hydrogens (tertiary/aromatic N) is 1. The summed E-state index contributed by atoms with van der Waals surface area (Å²) in [5, 5.41) is 0. The molecule has 1 unspecified atom stereocenters. The van der Waals surface area contributed by atoms with Crippen LogP contribution in [0.3, 0.4) is 0 Å². The fraction of sp³-hybridized carbons (Fsp3) is 0.538. The standard InChI is InChI=1S/C13H19NO4/c1-9(2)10-6-5-7-14(10)11(13(16)18-4)8-12(15)17-3/h5-7,9,11H,8H2,1-4H3. The Bertz CT molecular complexity index is 422. The third kappa shape index (κ3) is 3.12. The van der Waals surface area contributed by atoms with Crippen LogP contribution in [0.25, 0.3) is 0 Å². The number of aromatic nitrogens is 1. The van der Waals surface area contributed by atoms with Crippen LogP contribution in [-0.2, 0) is 19.1 Å². The van der Waals surface area contributed by atoms with Gasteiger partial charge in [0.15, 0.2) is 0 Å². The minimum absolute atomic E-state index is 0.0302. The van der Waals surface area contributed by atoms with Crippen LogP contribution in [0.4, 0.5) is 0 Å². The van der Waals surface area contributed by atoms with Gasteiger partial charge < -0.3 is 14.0 Å². The molecule has 0 saturated carbocycles. The summed E-state index contributed by atoms with van der Waals surface area (Å²) in [6, 6.07) is 3.11. The second kappa shape index (κ2) is 6.23. The molecule has 0 aliphatic carbocycles. The molecule has 0 aliphatic rings. The lowest BCUT2D eigenvalue weighted by molar-refractivity contribution is -0.151. The first-order valence-corrected chi connectivity index (χ1v) is 5.82. The van der Waals surface area contributed by atoms with Crippen molar-refractivity contribution in [3.8, 4) is 0 Å². The first-order valence-electron chi connectivity index (χ1n) is 5.82. The van der Waals surface area contributed by atoms with Crippen LogP contribution in [0.1, 0.15) is 37.9 Å². The fourth-order valence-electron chi connectivity index (χ4n) is 1.85. The van der Waals surface area contributed by atoms with E-state index < -0.39 is 18.0 Å². The summed E-state index contributed by atoms with van der Waals surface area (Å²) < 4.78 is 11.1. The predicted molar refractivity (Wildman–Crippen MR) is 66.2 cm³/mol. The molecule has 0 fully saturated rings. The molecule has 0 aromatic carbocycles. The van der Waals surface area contributed by atoms with E-state index in [4.69, 9.17) is 4.74 Å². The highest BCUT2D eigenvalue weighted by atomic mass is 16.5. The molecule has 0 aliphatic heterocycles. The number of hydrogen-bond donors (Lipinski definition) is 0. The normalized spacial score (nSPS) is 12.3. The lowest BCUT2D eigenvalue weighted by Crippen LogP contribution is -2.25. The number of ether oxygens (including phenoxy) is 2. The SMILES string of the molecule is COC(=O)CC(C(=O)OC)n1cccc1C(C)C. The van der Waals surface area contributed by atoms with E-state index in [2.05, 4.69) is 4.74 Å². The molecule has 1 heterocycles. The van der Waals surface area contributed by atoms with Crippen molar-refractivity contribution in [2.24, 2.45) is 0 Å². The molecule has 1 aromatic heterocycles. The highest BCUT2D eigenvalue weighted by Gasteiger charge is 2.26. The first-order chi connectivity index (χ1) is 8.51. The van der Waals surface area contributed by atoms with Gasteiger partial charge >= 0.3 is 11.9 Å². The molecular formula is C13H19NO4. The van der Waals surface area contributed by atoms with E-state index in [1.165, 1.54) is 14.2 Å². The largest absolute Gasteiger partial charge is 0.469 e. The first kappa shape index (κ1) is 14.3. The third-order valence-corrected chi connectivity index (χ3v) is 2.80. The maximum absolute atomic E-state index is 11.8. The van der Waals surface area contributed by atoms with Crippen LogP contribution in [-0.4, -0.2) is 30.7 Å². The molecule has 1 aromatic rings. The van der Waals surface area contributed by atoms with Crippen molar-refractivity contribution in [1.82, 2.24) is 4.57 Å². The van der Waals surface area contributed by atoms with Gasteiger partial charge in [-0.05, 0) is 18.1 Å². The summed E-state index contributed by atoms with van der Waals surface area (Å²) >= 11 is 0. The van der Waals surface area contributed by atoms with Crippen LogP contribution in [0.2, 0.25) is 0 Å². The highest BCUT2D eigenvalue weighted by Crippen LogP contribution is 2.23. The summed E-state index contributed by atoms with van der Waals surface area (Å²) in [6.07, 6.45) is 1.75. The second-order valence-electron chi connectivity index (χ2n) is 4.31. The third-order valence-electron chi connectivity index (χ3n) is 2.80. The van der Waals surface area contributed by atoms with Gasteiger partial charge in [-0.2, -0.15) is 0 Å². The molecule has 0 amide bonds. The van der Waals surface area contributed by atoms with Gasteiger partial charge in [0.05, 0.1) is 20.6 Å². The number of esters is 2. The van der Waals surface area contributed by atoms with Gasteiger partial charge in [-0.3, -0.25) is 4.79 Å². The summed E-state index contributed by atoms with van der Waals surface area (Å²) in [6.45, 7) is 4.05. The van der Waals surface area contributed by atoms with Gasteiger partial charge in [0, 0.05) is 11.9 Å². The summed E-state index contributed by atoms with van der Waals surface area (Å²) in [5.74, 6) is -0.628. The van der Waals surface area contributed by atoms with Crippen molar-refractivity contribution >= 4 is 11.9 Å². The Morgan fingerprint density at radius 1 is 1.28 bits per heavy atom. The van der Waals surface area contributed by atoms with Gasteiger partial charge in [-0.1, -0.05) is 13.8 Å². The fourth-order valence-corrected chi connectivity index (χ4v) is 1.85. The molecule has 1 atom stereocenters. The van der Waals surface area contributed by atoms with Crippen molar-refractivity contribution in [3.05, 3.63) is 24.0 Å². The van der Waals surface area contributed by atoms with E-state index >= 15 is 0 Å². The van der Waals surface area contributed by atoms with Gasteiger partial charge in [-0.15, -0.1) is 0 Å². The molecule has 0 spiro atoms. The average Bonchev–Trinajstić information content (AvgIpc) is 2.83. The van der Waals surface area contributed by atoms with Crippen molar-refractivity contribution in [2.45, 2.75) is 32.2 Å². The Labute approximate surface area is 107 Å². The lowest BCUT2D eigenvalue weighted by Gasteiger charge is -2.20. The van der Waals surface area contributed by atoms with Crippen LogP contribution in [0.5, 0.6) is 0 Å². The average molecular weight is 253 g/mol. The molecule has 0 bridgehead atoms. The summed E-state index contributed by atoms with van der Waals surface area (Å²) in [5.41, 5.74) is 0.981. The zero-order valence-electron chi connectivity index (χ0n) is 11.2. The number of carbonyl (C=O) groups is 2. The molecule has 18 heavy (non-hydrogen) atoms. The van der Waals surface area contributed by atoms with Gasteiger partial charge in [0.1, 0.15) is 6.04 Å². The Morgan fingerprint density at radius 2 is 1.94 bits per heavy atom. The predicted octanol–water partition coefficient (Wildman–Crippen LogP) is 1.89. The Kier molecular flexibility index (Phi) is 4.95. The van der Waals surface area contributed by atoms with Crippen LogP contribution in [0.15, 0.2) is 18.3 Å². The Balaban J connectivity index is 3.05. The maximum atomic E-state index is 11.8. The van der Waals surface area contributed by atoms with E-state index in [-0.39, 0.29) is 12.3 Å². The topological polar surface area (TPSA) is 57.5 Å². The minimum atomic E-state index is -0.671. The van der Waals surface area contributed by atoms with E-state index in [9.17, 15) is 9.59 Å². The quantitative estimate of drug-likeness (QED) is 0.752. The van der Waals surface area contributed by atoms with Gasteiger partial charge in [0.25, 0.3) is 0 Å². The van der Waals surface area contributed by atoms with Crippen molar-refractivity contribution in [2.75, 3.05) is 14.2 Å². The molecule has 5 nitrogen and oxygen atoms in total. The van der Waals surface area contributed by atoms with Crippen molar-refractivity contribution in [1.29, 1.82) is 0 Å². The Morgan fingerprint density at radius 3 is 2.44 bits per heavy atom. The molecular weight excluding hydrogens is 234 g/mol. The van der Waals surface area contributed by atoms with E-state index in [1.54, 1.807) is 10.8 Å². The van der Waals surface area contributed by atoms with E-state index in [1.807, 2.05) is 26.0 Å². The molecule has 0 N–H and O–H groups in total. The number of rotatable bonds is 5. The molecule has 0 saturated heterocycles. The second-order valence-corrected chi connectivity index (χ2v) is 4.31. The zero-order chi connectivity index (χ0) is 13.7. The minimum Gasteiger partial charge on any atom is -0.469 e. The number of hydrogen-bond acceptors (Lipinski definition) is 4. The molecule has 5 heteroatoms. The summed E-state index contributed by atoms with van der Waals surface area (Å²) in [7, 11) is 2.61. The van der Waals surface area contributed by atoms with Crippen molar-refractivity contribution in [3.63, 3.8) is 0 Å². The molecule has 0 radical (unpaired) electrons. The summed E-state index contributed by atoms with van der Waals surface area (Å²) in [4.78, 5) is 23.2. The van der Waals surface area contributed by atoms with Gasteiger partial charge in [-0.25, -0.2) is 4.79 Å². The number of carbonyl (C=O) groups excluding carboxylic acids is 2. The molecule has 100 valence electrons. The Hall–Kier alpha value is -1.78. The van der Waals surface area contributed by atoms with Crippen LogP contribution in [0, 0.1) is 0 Å². The smallest absolute Gasteiger partial charge is 0.329 e.